The highest BCUT2D eigenvalue weighted by molar-refractivity contribution is 5.93. The van der Waals surface area contributed by atoms with Gasteiger partial charge in [0, 0.05) is 0 Å². The van der Waals surface area contributed by atoms with Gasteiger partial charge >= 0.3 is 6.18 Å². The van der Waals surface area contributed by atoms with Crippen molar-refractivity contribution in [2.45, 2.75) is 6.18 Å². The second kappa shape index (κ2) is 3.81. The van der Waals surface area contributed by atoms with Crippen molar-refractivity contribution in [1.29, 1.82) is 5.26 Å². The lowest BCUT2D eigenvalue weighted by Gasteiger charge is -2.10. The first-order valence-corrected chi connectivity index (χ1v) is 3.88. The highest BCUT2D eigenvalue weighted by Gasteiger charge is 2.35. The standard InChI is InChI=1S/C9H4F4N2O/c10-7-4(8(15)16)1-2-6(5(7)3-14)9(11,12)13/h1-2H,(H2,15,16). The molecule has 1 aromatic rings. The zero-order valence-corrected chi connectivity index (χ0v) is 7.60. The van der Waals surface area contributed by atoms with Crippen LogP contribution in [-0.4, -0.2) is 5.91 Å². The highest BCUT2D eigenvalue weighted by atomic mass is 19.4. The SMILES string of the molecule is N#Cc1c(C(F)(F)F)ccc(C(N)=O)c1F. The second-order valence-electron chi connectivity index (χ2n) is 2.82. The number of nitriles is 1. The van der Waals surface area contributed by atoms with Crippen molar-refractivity contribution in [2.24, 2.45) is 5.73 Å². The Bertz CT molecular complexity index is 488. The molecule has 0 spiro atoms. The Morgan fingerprint density at radius 3 is 2.31 bits per heavy atom. The van der Waals surface area contributed by atoms with Crippen LogP contribution in [0.4, 0.5) is 17.6 Å². The van der Waals surface area contributed by atoms with Crippen LogP contribution in [0.2, 0.25) is 0 Å². The van der Waals surface area contributed by atoms with E-state index in [1.165, 1.54) is 0 Å². The van der Waals surface area contributed by atoms with Crippen molar-refractivity contribution in [3.05, 3.63) is 34.6 Å². The fraction of sp³-hybridized carbons (Fsp3) is 0.111. The number of primary amides is 1. The van der Waals surface area contributed by atoms with Crippen LogP contribution in [0.25, 0.3) is 0 Å². The number of carbonyl (C=O) groups excluding carboxylic acids is 1. The molecule has 3 nitrogen and oxygen atoms in total. The van der Waals surface area contributed by atoms with E-state index < -0.39 is 34.6 Å². The van der Waals surface area contributed by atoms with Crippen LogP contribution in [0.15, 0.2) is 12.1 Å². The van der Waals surface area contributed by atoms with Gasteiger partial charge in [-0.2, -0.15) is 18.4 Å². The lowest BCUT2D eigenvalue weighted by atomic mass is 10.0. The zero-order chi connectivity index (χ0) is 12.5. The van der Waals surface area contributed by atoms with E-state index in [4.69, 9.17) is 11.0 Å². The molecule has 1 rings (SSSR count). The highest BCUT2D eigenvalue weighted by Crippen LogP contribution is 2.33. The molecule has 0 aliphatic carbocycles. The number of nitrogens with zero attached hydrogens (tertiary/aromatic N) is 1. The van der Waals surface area contributed by atoms with Gasteiger partial charge < -0.3 is 5.73 Å². The third kappa shape index (κ3) is 1.95. The summed E-state index contributed by atoms with van der Waals surface area (Å²) in [6.07, 6.45) is -4.86. The van der Waals surface area contributed by atoms with Crippen LogP contribution in [0.5, 0.6) is 0 Å². The largest absolute Gasteiger partial charge is 0.417 e. The van der Waals surface area contributed by atoms with Crippen LogP contribution in [0.3, 0.4) is 0 Å². The predicted octanol–water partition coefficient (Wildman–Crippen LogP) is 1.82. The first-order chi connectivity index (χ1) is 7.29. The van der Waals surface area contributed by atoms with Crippen molar-refractivity contribution in [3.8, 4) is 6.07 Å². The molecule has 0 heterocycles. The number of amides is 1. The summed E-state index contributed by atoms with van der Waals surface area (Å²) < 4.78 is 50.2. The van der Waals surface area contributed by atoms with Crippen molar-refractivity contribution in [1.82, 2.24) is 0 Å². The molecule has 0 bridgehead atoms. The minimum absolute atomic E-state index is 0.446. The number of alkyl halides is 3. The van der Waals surface area contributed by atoms with E-state index in [9.17, 15) is 22.4 Å². The van der Waals surface area contributed by atoms with E-state index in [0.29, 0.717) is 12.1 Å². The van der Waals surface area contributed by atoms with E-state index in [1.807, 2.05) is 0 Å². The molecule has 0 fully saturated rings. The first-order valence-electron chi connectivity index (χ1n) is 3.88. The molecule has 0 saturated heterocycles. The van der Waals surface area contributed by atoms with Crippen molar-refractivity contribution < 1.29 is 22.4 Å². The van der Waals surface area contributed by atoms with Crippen molar-refractivity contribution in [2.75, 3.05) is 0 Å². The normalized spacial score (nSPS) is 10.9. The molecule has 0 aromatic heterocycles. The van der Waals surface area contributed by atoms with Crippen molar-refractivity contribution >= 4 is 5.91 Å². The van der Waals surface area contributed by atoms with Gasteiger partial charge in [-0.3, -0.25) is 4.79 Å². The Hall–Kier alpha value is -2.10. The second-order valence-corrected chi connectivity index (χ2v) is 2.82. The van der Waals surface area contributed by atoms with E-state index >= 15 is 0 Å². The van der Waals surface area contributed by atoms with Gasteiger partial charge in [0.1, 0.15) is 11.6 Å². The zero-order valence-electron chi connectivity index (χ0n) is 7.60. The number of carbonyl (C=O) groups is 1. The van der Waals surface area contributed by atoms with Crippen LogP contribution in [0.1, 0.15) is 21.5 Å². The maximum Gasteiger partial charge on any atom is 0.417 e. The van der Waals surface area contributed by atoms with Gasteiger partial charge in [-0.1, -0.05) is 0 Å². The summed E-state index contributed by atoms with van der Waals surface area (Å²) in [5, 5.41) is 8.43. The molecule has 0 aliphatic heterocycles. The van der Waals surface area contributed by atoms with E-state index in [1.54, 1.807) is 0 Å². The first kappa shape index (κ1) is 12.0. The van der Waals surface area contributed by atoms with Gasteiger partial charge in [0.2, 0.25) is 0 Å². The summed E-state index contributed by atoms with van der Waals surface area (Å²) in [5.74, 6) is -2.78. The van der Waals surface area contributed by atoms with Gasteiger partial charge in [-0.25, -0.2) is 4.39 Å². The molecule has 0 atom stereocenters. The lowest BCUT2D eigenvalue weighted by Crippen LogP contribution is -2.17. The molecule has 16 heavy (non-hydrogen) atoms. The Labute approximate surface area is 87.1 Å². The quantitative estimate of drug-likeness (QED) is 0.750. The molecule has 0 unspecified atom stereocenters. The molecule has 1 aromatic carbocycles. The summed E-state index contributed by atoms with van der Waals surface area (Å²) in [6.45, 7) is 0. The van der Waals surface area contributed by atoms with E-state index in [2.05, 4.69) is 0 Å². The molecule has 2 N–H and O–H groups in total. The average Bonchev–Trinajstić information content (AvgIpc) is 2.15. The summed E-state index contributed by atoms with van der Waals surface area (Å²) >= 11 is 0. The van der Waals surface area contributed by atoms with Crippen LogP contribution < -0.4 is 5.73 Å². The molecule has 1 amide bonds. The van der Waals surface area contributed by atoms with Crippen molar-refractivity contribution in [3.63, 3.8) is 0 Å². The van der Waals surface area contributed by atoms with Crippen LogP contribution in [-0.2, 0) is 6.18 Å². The minimum Gasteiger partial charge on any atom is -0.366 e. The molecule has 0 saturated carbocycles. The number of nitrogens with two attached hydrogens (primary N) is 1. The number of rotatable bonds is 1. The predicted molar refractivity (Wildman–Crippen MR) is 44.6 cm³/mol. The Morgan fingerprint density at radius 1 is 1.38 bits per heavy atom. The number of halogens is 4. The van der Waals surface area contributed by atoms with Crippen LogP contribution >= 0.6 is 0 Å². The Balaban J connectivity index is 3.56. The topological polar surface area (TPSA) is 66.9 Å². The van der Waals surface area contributed by atoms with Gasteiger partial charge in [0.15, 0.2) is 5.82 Å². The monoisotopic (exact) mass is 232 g/mol. The van der Waals surface area contributed by atoms with E-state index in [-0.39, 0.29) is 0 Å². The third-order valence-electron chi connectivity index (χ3n) is 1.82. The number of hydrogen-bond acceptors (Lipinski definition) is 2. The minimum atomic E-state index is -4.86. The summed E-state index contributed by atoms with van der Waals surface area (Å²) in [6, 6.07) is 2.11. The maximum atomic E-state index is 13.3. The number of benzene rings is 1. The summed E-state index contributed by atoms with van der Waals surface area (Å²) in [7, 11) is 0. The van der Waals surface area contributed by atoms with Gasteiger partial charge in [-0.15, -0.1) is 0 Å². The fourth-order valence-corrected chi connectivity index (χ4v) is 1.11. The molecule has 84 valence electrons. The lowest BCUT2D eigenvalue weighted by molar-refractivity contribution is -0.138. The summed E-state index contributed by atoms with van der Waals surface area (Å²) in [4.78, 5) is 10.6. The molecule has 7 heteroatoms. The van der Waals surface area contributed by atoms with Gasteiger partial charge in [0.25, 0.3) is 5.91 Å². The van der Waals surface area contributed by atoms with E-state index in [0.717, 1.165) is 6.07 Å². The smallest absolute Gasteiger partial charge is 0.366 e. The third-order valence-corrected chi connectivity index (χ3v) is 1.82. The molecule has 0 aliphatic rings. The molecular weight excluding hydrogens is 228 g/mol. The Morgan fingerprint density at radius 2 is 1.94 bits per heavy atom. The molecular formula is C9H4F4N2O. The van der Waals surface area contributed by atoms with Gasteiger partial charge in [-0.05, 0) is 12.1 Å². The van der Waals surface area contributed by atoms with Crippen LogP contribution in [0, 0.1) is 17.1 Å². The van der Waals surface area contributed by atoms with Gasteiger partial charge in [0.05, 0.1) is 11.1 Å². The Kier molecular flexibility index (Phi) is 2.85. The molecule has 0 radical (unpaired) electrons. The number of hydrogen-bond donors (Lipinski definition) is 1. The summed E-state index contributed by atoms with van der Waals surface area (Å²) in [5.41, 5.74) is 1.32. The fourth-order valence-electron chi connectivity index (χ4n) is 1.11. The maximum absolute atomic E-state index is 13.3. The average molecular weight is 232 g/mol.